The number of nitrogens with one attached hydrogen (secondary N) is 1. The van der Waals surface area contributed by atoms with Crippen molar-refractivity contribution in [3.8, 4) is 11.8 Å². The summed E-state index contributed by atoms with van der Waals surface area (Å²) in [6.07, 6.45) is 3.41. The van der Waals surface area contributed by atoms with E-state index in [1.165, 1.54) is 0 Å². The molecule has 1 N–H and O–H groups in total. The highest BCUT2D eigenvalue weighted by molar-refractivity contribution is 9.10. The Kier molecular flexibility index (Phi) is 6.38. The number of oxazole rings is 1. The molecule has 2 aromatic rings. The minimum atomic E-state index is 0.196. The van der Waals surface area contributed by atoms with Gasteiger partial charge in [-0.3, -0.25) is 0 Å². The Morgan fingerprint density at radius 1 is 1.46 bits per heavy atom. The van der Waals surface area contributed by atoms with E-state index in [0.29, 0.717) is 11.6 Å². The van der Waals surface area contributed by atoms with Gasteiger partial charge in [0.2, 0.25) is 11.6 Å². The fourth-order valence-electron chi connectivity index (χ4n) is 2.27. The average molecular weight is 391 g/mol. The Hall–Kier alpha value is -2.33. The molecule has 0 bridgehead atoms. The normalized spacial score (nSPS) is 11.0. The summed E-state index contributed by atoms with van der Waals surface area (Å²) in [6.45, 7) is 4.13. The first-order valence-corrected chi connectivity index (χ1v) is 8.45. The zero-order chi connectivity index (χ0) is 17.5. The van der Waals surface area contributed by atoms with E-state index >= 15 is 0 Å². The number of hydrogen-bond donors (Lipinski definition) is 1. The van der Waals surface area contributed by atoms with Crippen molar-refractivity contribution in [3.05, 3.63) is 39.8 Å². The van der Waals surface area contributed by atoms with E-state index in [2.05, 4.69) is 45.3 Å². The number of ether oxygens (including phenoxy) is 1. The predicted octanol–water partition coefficient (Wildman–Crippen LogP) is 4.67. The van der Waals surface area contributed by atoms with Crippen LogP contribution < -0.4 is 10.2 Å². The van der Waals surface area contributed by atoms with Gasteiger partial charge in [0.1, 0.15) is 11.8 Å². The van der Waals surface area contributed by atoms with Gasteiger partial charge in [-0.25, -0.2) is 10.4 Å². The highest BCUT2D eigenvalue weighted by Crippen LogP contribution is 2.27. The summed E-state index contributed by atoms with van der Waals surface area (Å²) in [5.41, 5.74) is 3.75. The maximum atomic E-state index is 9.20. The second-order valence-corrected chi connectivity index (χ2v) is 6.03. The lowest BCUT2D eigenvalue weighted by Crippen LogP contribution is -1.95. The molecule has 0 spiro atoms. The van der Waals surface area contributed by atoms with Gasteiger partial charge in [0.25, 0.3) is 5.88 Å². The van der Waals surface area contributed by atoms with Gasteiger partial charge in [0.15, 0.2) is 0 Å². The molecule has 0 unspecified atom stereocenters. The Morgan fingerprint density at radius 2 is 2.21 bits per heavy atom. The van der Waals surface area contributed by atoms with E-state index in [-0.39, 0.29) is 17.5 Å². The molecule has 2 rings (SSSR count). The smallest absolute Gasteiger partial charge is 0.252 e. The van der Waals surface area contributed by atoms with E-state index < -0.39 is 0 Å². The molecule has 7 heteroatoms. The number of nitrogens with zero attached hydrogens (tertiary/aromatic N) is 3. The van der Waals surface area contributed by atoms with Crippen LogP contribution in [0.1, 0.15) is 49.8 Å². The molecule has 6 nitrogen and oxygen atoms in total. The molecule has 0 saturated carbocycles. The van der Waals surface area contributed by atoms with Crippen LogP contribution in [-0.2, 0) is 0 Å². The fraction of sp³-hybridized carbons (Fsp3) is 0.353. The van der Waals surface area contributed by atoms with Crippen molar-refractivity contribution in [3.63, 3.8) is 0 Å². The monoisotopic (exact) mass is 390 g/mol. The van der Waals surface area contributed by atoms with Crippen LogP contribution in [0.3, 0.4) is 0 Å². The van der Waals surface area contributed by atoms with E-state index in [0.717, 1.165) is 22.9 Å². The van der Waals surface area contributed by atoms with Crippen molar-refractivity contribution < 1.29 is 9.15 Å². The fourth-order valence-corrected chi connectivity index (χ4v) is 2.65. The Morgan fingerprint density at radius 3 is 2.83 bits per heavy atom. The van der Waals surface area contributed by atoms with Gasteiger partial charge < -0.3 is 9.15 Å². The van der Waals surface area contributed by atoms with Crippen molar-refractivity contribution in [2.45, 2.75) is 32.6 Å². The Balaban J connectivity index is 2.20. The molecular weight excluding hydrogens is 372 g/mol. The first kappa shape index (κ1) is 18.0. The number of methoxy groups -OCH3 is 1. The van der Waals surface area contributed by atoms with Gasteiger partial charge in [-0.15, -0.1) is 0 Å². The number of nitriles is 1. The molecule has 126 valence electrons. The number of hydrazone groups is 1. The van der Waals surface area contributed by atoms with Crippen molar-refractivity contribution in [1.29, 1.82) is 5.26 Å². The lowest BCUT2D eigenvalue weighted by atomic mass is 10.0. The van der Waals surface area contributed by atoms with E-state index in [4.69, 9.17) is 9.15 Å². The molecular formula is C17H19BrN4O2. The number of hydrogen-bond acceptors (Lipinski definition) is 6. The van der Waals surface area contributed by atoms with Crippen molar-refractivity contribution in [2.75, 3.05) is 12.5 Å². The van der Waals surface area contributed by atoms with Crippen molar-refractivity contribution in [1.82, 2.24) is 4.98 Å². The average Bonchev–Trinajstić information content (AvgIpc) is 2.99. The van der Waals surface area contributed by atoms with Gasteiger partial charge in [-0.1, -0.05) is 29.8 Å². The number of halogens is 1. The van der Waals surface area contributed by atoms with Gasteiger partial charge in [0.05, 0.1) is 13.3 Å². The molecule has 24 heavy (non-hydrogen) atoms. The molecule has 0 aliphatic rings. The molecule has 0 radical (unpaired) electrons. The highest BCUT2D eigenvalue weighted by Gasteiger charge is 2.18. The minimum absolute atomic E-state index is 0.196. The van der Waals surface area contributed by atoms with E-state index in [1.807, 2.05) is 24.3 Å². The van der Waals surface area contributed by atoms with Gasteiger partial charge in [0, 0.05) is 16.0 Å². The summed E-state index contributed by atoms with van der Waals surface area (Å²) in [4.78, 5) is 4.25. The predicted molar refractivity (Wildman–Crippen MR) is 96.5 cm³/mol. The first-order valence-electron chi connectivity index (χ1n) is 7.66. The number of benzene rings is 1. The first-order chi connectivity index (χ1) is 11.6. The van der Waals surface area contributed by atoms with Crippen LogP contribution in [-0.4, -0.2) is 18.3 Å². The van der Waals surface area contributed by atoms with E-state index in [1.54, 1.807) is 13.3 Å². The van der Waals surface area contributed by atoms with Crippen LogP contribution in [0, 0.1) is 11.3 Å². The SMILES string of the molecule is CCC(CC)c1nc(C#N)c(N/N=C/c2cc(Br)ccc2OC)o1. The third-order valence-electron chi connectivity index (χ3n) is 3.65. The summed E-state index contributed by atoms with van der Waals surface area (Å²) in [7, 11) is 1.60. The minimum Gasteiger partial charge on any atom is -0.496 e. The molecule has 0 atom stereocenters. The lowest BCUT2D eigenvalue weighted by Gasteiger charge is -2.06. The maximum absolute atomic E-state index is 9.20. The third kappa shape index (κ3) is 4.15. The van der Waals surface area contributed by atoms with Crippen LogP contribution in [0.4, 0.5) is 5.88 Å². The zero-order valence-electron chi connectivity index (χ0n) is 13.8. The van der Waals surface area contributed by atoms with Crippen LogP contribution >= 0.6 is 15.9 Å². The quantitative estimate of drug-likeness (QED) is 0.548. The Labute approximate surface area is 149 Å². The molecule has 0 saturated heterocycles. The largest absolute Gasteiger partial charge is 0.496 e. The lowest BCUT2D eigenvalue weighted by molar-refractivity contribution is 0.414. The molecule has 0 fully saturated rings. The molecule has 0 aliphatic carbocycles. The molecule has 1 heterocycles. The molecule has 0 amide bonds. The van der Waals surface area contributed by atoms with Crippen molar-refractivity contribution in [2.24, 2.45) is 5.10 Å². The summed E-state index contributed by atoms with van der Waals surface area (Å²) in [5.74, 6) is 1.71. The van der Waals surface area contributed by atoms with Gasteiger partial charge in [-0.05, 0) is 31.0 Å². The molecule has 0 aliphatic heterocycles. The topological polar surface area (TPSA) is 83.4 Å². The van der Waals surface area contributed by atoms with Crippen molar-refractivity contribution >= 4 is 28.0 Å². The standard InChI is InChI=1S/C17H19BrN4O2/c1-4-11(5-2)16-21-14(9-19)17(24-16)22-20-10-12-8-13(18)6-7-15(12)23-3/h6-8,10-11,22H,4-5H2,1-3H3/b20-10+. The summed E-state index contributed by atoms with van der Waals surface area (Å²) < 4.78 is 11.9. The maximum Gasteiger partial charge on any atom is 0.252 e. The number of anilines is 1. The van der Waals surface area contributed by atoms with Crippen LogP contribution in [0.5, 0.6) is 5.75 Å². The summed E-state index contributed by atoms with van der Waals surface area (Å²) in [6, 6.07) is 7.63. The second-order valence-electron chi connectivity index (χ2n) is 5.11. The number of aromatic nitrogens is 1. The third-order valence-corrected chi connectivity index (χ3v) is 4.14. The Bertz CT molecular complexity index is 760. The van der Waals surface area contributed by atoms with Gasteiger partial charge in [-0.2, -0.15) is 10.4 Å². The van der Waals surface area contributed by atoms with Crippen LogP contribution in [0.2, 0.25) is 0 Å². The molecule has 1 aromatic heterocycles. The summed E-state index contributed by atoms with van der Waals surface area (Å²) in [5, 5.41) is 13.3. The number of rotatable bonds is 7. The second kappa shape index (κ2) is 8.50. The van der Waals surface area contributed by atoms with Crippen LogP contribution in [0.25, 0.3) is 0 Å². The van der Waals surface area contributed by atoms with Gasteiger partial charge >= 0.3 is 0 Å². The summed E-state index contributed by atoms with van der Waals surface area (Å²) >= 11 is 3.41. The van der Waals surface area contributed by atoms with E-state index in [9.17, 15) is 5.26 Å². The van der Waals surface area contributed by atoms with Crippen LogP contribution in [0.15, 0.2) is 32.2 Å². The highest BCUT2D eigenvalue weighted by atomic mass is 79.9. The molecule has 1 aromatic carbocycles. The zero-order valence-corrected chi connectivity index (χ0v) is 15.4.